The van der Waals surface area contributed by atoms with Crippen molar-refractivity contribution in [2.45, 2.75) is 116 Å². The average molecular weight is 732 g/mol. The number of carbonyl (C=O) groups excluding carboxylic acids is 6. The van der Waals surface area contributed by atoms with E-state index in [9.17, 15) is 28.8 Å². The Morgan fingerprint density at radius 3 is 2.36 bits per heavy atom. The van der Waals surface area contributed by atoms with Crippen molar-refractivity contribution in [2.24, 2.45) is 17.3 Å². The quantitative estimate of drug-likeness (QED) is 0.177. The minimum Gasteiger partial charge on any atom is -0.345 e. The van der Waals surface area contributed by atoms with Gasteiger partial charge in [-0.05, 0) is 61.1 Å². The van der Waals surface area contributed by atoms with Gasteiger partial charge in [-0.15, -0.1) is 0 Å². The minimum absolute atomic E-state index is 0.0182. The molecule has 4 heterocycles. The van der Waals surface area contributed by atoms with Crippen LogP contribution >= 0.6 is 0 Å². The monoisotopic (exact) mass is 731 g/mol. The van der Waals surface area contributed by atoms with Crippen molar-refractivity contribution < 1.29 is 28.8 Å². The van der Waals surface area contributed by atoms with Crippen LogP contribution in [0.4, 0.5) is 0 Å². The molecule has 2 aliphatic heterocycles. The minimum atomic E-state index is -1.09. The maximum Gasteiger partial charge on any atom is 0.289 e. The van der Waals surface area contributed by atoms with Crippen LogP contribution in [0.1, 0.15) is 95.1 Å². The Hall–Kier alpha value is -4.79. The molecule has 2 saturated heterocycles. The Balaban J connectivity index is 1.34. The second kappa shape index (κ2) is 17.8. The average Bonchev–Trinajstić information content (AvgIpc) is 3.77. The van der Waals surface area contributed by atoms with Gasteiger partial charge in [0.2, 0.25) is 23.5 Å². The Morgan fingerprint density at radius 2 is 1.70 bits per heavy atom. The molecule has 15 heteroatoms. The number of ketones is 1. The zero-order chi connectivity index (χ0) is 38.1. The molecule has 6 atom stereocenters. The maximum atomic E-state index is 14.7. The predicted molar refractivity (Wildman–Crippen MR) is 195 cm³/mol. The molecule has 0 spiro atoms. The summed E-state index contributed by atoms with van der Waals surface area (Å²) in [5, 5.41) is 14.7. The van der Waals surface area contributed by atoms with Crippen LogP contribution in [-0.2, 0) is 30.5 Å². The van der Waals surface area contributed by atoms with Gasteiger partial charge in [0.25, 0.3) is 11.8 Å². The summed E-state index contributed by atoms with van der Waals surface area (Å²) in [7, 11) is 0. The largest absolute Gasteiger partial charge is 0.345 e. The van der Waals surface area contributed by atoms with Crippen molar-refractivity contribution in [3.8, 4) is 0 Å². The highest BCUT2D eigenvalue weighted by atomic mass is 16.2. The highest BCUT2D eigenvalue weighted by Gasteiger charge is 2.52. The van der Waals surface area contributed by atoms with Crippen molar-refractivity contribution in [3.63, 3.8) is 0 Å². The number of fused-ring (bicyclic) bond motifs is 1. The number of likely N-dealkylation sites (tertiary alicyclic amines) is 1. The standard InChI is InChI=1S/C38H53N9O6/c1-5-10-26(31(48)36(52)43-20-23-11-9-15-39-19-23)44-35(51)30-28-25(14-16-42-28)22-47(30)37(53)32(38(2,3)4)46-34(50)29(24-12-7-6-8-13-24)45-33(49)27-21-40-17-18-41-27/h9,11,15,17-19,21,24-26,28-30,32,42H,5-8,10,12-14,16,20,22H2,1-4H3,(H,43,52)(H,44,51)(H,45,49)(H,46,50)/t25-,26-,28?,29-,30-,32+/m0/s1. The number of Topliss-reactive ketones (excluding diaryl/α,β-unsaturated/α-hetero) is 1. The molecule has 53 heavy (non-hydrogen) atoms. The Morgan fingerprint density at radius 1 is 0.943 bits per heavy atom. The summed E-state index contributed by atoms with van der Waals surface area (Å²) in [5.74, 6) is -3.73. The van der Waals surface area contributed by atoms with E-state index in [1.807, 2.05) is 27.7 Å². The molecule has 1 aliphatic carbocycles. The molecule has 3 aliphatic rings. The van der Waals surface area contributed by atoms with E-state index in [0.29, 0.717) is 13.0 Å². The SMILES string of the molecule is CCC[C@H](NC(=O)[C@@H]1C2NCC[C@H]2CN1C(=O)[C@@H](NC(=O)[C@@H](NC(=O)c1cnccn1)C1CCCCC1)C(C)(C)C)C(=O)C(=O)NCc1cccnc1. The molecule has 15 nitrogen and oxygen atoms in total. The number of rotatable bonds is 14. The van der Waals surface area contributed by atoms with Crippen LogP contribution in [0.3, 0.4) is 0 Å². The molecule has 0 bridgehead atoms. The Labute approximate surface area is 310 Å². The first-order valence-corrected chi connectivity index (χ1v) is 18.8. The van der Waals surface area contributed by atoms with Gasteiger partial charge < -0.3 is 31.5 Å². The molecule has 5 rings (SSSR count). The van der Waals surface area contributed by atoms with E-state index >= 15 is 0 Å². The third-order valence-corrected chi connectivity index (χ3v) is 10.6. The van der Waals surface area contributed by atoms with Gasteiger partial charge >= 0.3 is 0 Å². The van der Waals surface area contributed by atoms with E-state index in [1.54, 1.807) is 24.5 Å². The fourth-order valence-electron chi connectivity index (χ4n) is 7.74. The van der Waals surface area contributed by atoms with E-state index in [1.165, 1.54) is 23.5 Å². The molecule has 2 aromatic heterocycles. The van der Waals surface area contributed by atoms with Crippen LogP contribution in [0, 0.1) is 17.3 Å². The van der Waals surface area contributed by atoms with Crippen molar-refractivity contribution in [3.05, 3.63) is 54.4 Å². The zero-order valence-corrected chi connectivity index (χ0v) is 31.1. The zero-order valence-electron chi connectivity index (χ0n) is 31.1. The third kappa shape index (κ3) is 9.80. The number of nitrogens with zero attached hydrogens (tertiary/aromatic N) is 4. The van der Waals surface area contributed by atoms with Gasteiger partial charge in [-0.2, -0.15) is 0 Å². The lowest BCUT2D eigenvalue weighted by Crippen LogP contribution is -2.63. The molecule has 3 fully saturated rings. The second-order valence-corrected chi connectivity index (χ2v) is 15.5. The molecule has 0 radical (unpaired) electrons. The summed E-state index contributed by atoms with van der Waals surface area (Å²) < 4.78 is 0. The van der Waals surface area contributed by atoms with Gasteiger partial charge in [0, 0.05) is 43.9 Å². The first-order chi connectivity index (χ1) is 25.4. The van der Waals surface area contributed by atoms with E-state index in [0.717, 1.165) is 44.1 Å². The number of aromatic nitrogens is 3. The summed E-state index contributed by atoms with van der Waals surface area (Å²) in [6.45, 7) is 8.44. The number of hydrogen-bond acceptors (Lipinski definition) is 10. The van der Waals surface area contributed by atoms with Gasteiger partial charge in [0.15, 0.2) is 0 Å². The molecular weight excluding hydrogens is 678 g/mol. The van der Waals surface area contributed by atoms with Gasteiger partial charge in [0.1, 0.15) is 23.8 Å². The molecule has 0 aromatic carbocycles. The van der Waals surface area contributed by atoms with Gasteiger partial charge in [0.05, 0.1) is 12.2 Å². The molecule has 286 valence electrons. The predicted octanol–water partition coefficient (Wildman–Crippen LogP) is 1.44. The maximum absolute atomic E-state index is 14.7. The molecule has 2 aromatic rings. The van der Waals surface area contributed by atoms with Crippen molar-refractivity contribution in [1.82, 2.24) is 46.4 Å². The van der Waals surface area contributed by atoms with Crippen LogP contribution in [0.15, 0.2) is 43.1 Å². The Bertz CT molecular complexity index is 1610. The smallest absolute Gasteiger partial charge is 0.289 e. The number of pyridine rings is 1. The summed E-state index contributed by atoms with van der Waals surface area (Å²) >= 11 is 0. The lowest BCUT2D eigenvalue weighted by Gasteiger charge is -2.38. The van der Waals surface area contributed by atoms with Crippen molar-refractivity contribution >= 4 is 35.3 Å². The van der Waals surface area contributed by atoms with E-state index in [-0.39, 0.29) is 43.1 Å². The Kier molecular flexibility index (Phi) is 13.3. The fourth-order valence-corrected chi connectivity index (χ4v) is 7.74. The molecule has 1 unspecified atom stereocenters. The number of hydrogen-bond donors (Lipinski definition) is 5. The van der Waals surface area contributed by atoms with Gasteiger partial charge in [-0.3, -0.25) is 38.7 Å². The van der Waals surface area contributed by atoms with Crippen LogP contribution < -0.4 is 26.6 Å². The topological polar surface area (TPSA) is 204 Å². The fraction of sp³-hybridized carbons (Fsp3) is 0.605. The number of amides is 5. The normalized spacial score (nSPS) is 21.8. The van der Waals surface area contributed by atoms with Crippen LogP contribution in [0.2, 0.25) is 0 Å². The molecule has 5 amide bonds. The van der Waals surface area contributed by atoms with Crippen molar-refractivity contribution in [2.75, 3.05) is 13.1 Å². The van der Waals surface area contributed by atoms with Gasteiger partial charge in [-0.25, -0.2) is 4.98 Å². The summed E-state index contributed by atoms with van der Waals surface area (Å²) in [6, 6.07) is -0.889. The van der Waals surface area contributed by atoms with Crippen LogP contribution in [-0.4, -0.2) is 98.5 Å². The van der Waals surface area contributed by atoms with E-state index in [4.69, 9.17) is 0 Å². The first kappa shape index (κ1) is 39.4. The van der Waals surface area contributed by atoms with Gasteiger partial charge in [-0.1, -0.05) is 59.4 Å². The summed E-state index contributed by atoms with van der Waals surface area (Å²) in [6.07, 6.45) is 13.3. The third-order valence-electron chi connectivity index (χ3n) is 10.6. The van der Waals surface area contributed by atoms with Crippen molar-refractivity contribution in [1.29, 1.82) is 0 Å². The van der Waals surface area contributed by atoms with Crippen LogP contribution in [0.25, 0.3) is 0 Å². The second-order valence-electron chi connectivity index (χ2n) is 15.5. The number of carbonyl (C=O) groups is 6. The lowest BCUT2D eigenvalue weighted by atomic mass is 9.82. The van der Waals surface area contributed by atoms with E-state index in [2.05, 4.69) is 41.5 Å². The first-order valence-electron chi connectivity index (χ1n) is 18.8. The summed E-state index contributed by atoms with van der Waals surface area (Å²) in [5.41, 5.74) is 0.0276. The highest BCUT2D eigenvalue weighted by Crippen LogP contribution is 2.34. The molecule has 1 saturated carbocycles. The molecule has 5 N–H and O–H groups in total. The van der Waals surface area contributed by atoms with E-state index < -0.39 is 64.9 Å². The number of nitrogens with one attached hydrogen (secondary N) is 5. The molecular formula is C38H53N9O6. The highest BCUT2D eigenvalue weighted by molar-refractivity contribution is 6.38. The summed E-state index contributed by atoms with van der Waals surface area (Å²) in [4.78, 5) is 96.1. The lowest BCUT2D eigenvalue weighted by molar-refractivity contribution is -0.145. The van der Waals surface area contributed by atoms with Crippen LogP contribution in [0.5, 0.6) is 0 Å².